The molecular weight excluding hydrogens is 1560 g/mol. The number of rotatable bonds is 97. The fraction of sp³-hybridized carbons (Fsp3) is 0.789. The Morgan fingerprint density at radius 3 is 0.460 bits per heavy atom. The highest BCUT2D eigenvalue weighted by atomic mass is 16.6. The van der Waals surface area contributed by atoms with Crippen molar-refractivity contribution in [3.63, 3.8) is 0 Å². The predicted molar refractivity (Wildman–Crippen MR) is 540 cm³/mol. The molecule has 0 rings (SSSR count). The number of esters is 6. The molecule has 0 amide bonds. The minimum Gasteiger partial charge on any atom is -0.462 e. The Morgan fingerprint density at radius 2 is 0.286 bits per heavy atom. The predicted octanol–water partition coefficient (Wildman–Crippen LogP) is 35.5. The van der Waals surface area contributed by atoms with Gasteiger partial charge in [0, 0.05) is 38.5 Å². The normalized spacial score (nSPS) is 12.0. The number of ether oxygens (including phenoxy) is 6. The minimum absolute atomic E-state index is 0.0806. The van der Waals surface area contributed by atoms with Gasteiger partial charge in [-0.05, 0) is 212 Å². The molecular formula is C114H202O12. The zero-order valence-corrected chi connectivity index (χ0v) is 83.4. The maximum Gasteiger partial charge on any atom is 0.306 e. The largest absolute Gasteiger partial charge is 0.462 e. The van der Waals surface area contributed by atoms with Gasteiger partial charge in [-0.2, -0.15) is 0 Å². The summed E-state index contributed by atoms with van der Waals surface area (Å²) in [4.78, 5) is 76.1. The van der Waals surface area contributed by atoms with E-state index in [4.69, 9.17) is 28.4 Å². The Morgan fingerprint density at radius 1 is 0.159 bits per heavy atom. The van der Waals surface area contributed by atoms with E-state index >= 15 is 0 Å². The molecule has 0 saturated carbocycles. The topological polar surface area (TPSA) is 158 Å². The van der Waals surface area contributed by atoms with Gasteiger partial charge in [-0.1, -0.05) is 401 Å². The lowest BCUT2D eigenvalue weighted by Crippen LogP contribution is -2.30. The summed E-state index contributed by atoms with van der Waals surface area (Å²) >= 11 is 0. The average molecular weight is 1760 g/mol. The SMILES string of the molecule is CCCCC/C=C\C/C=C\CCCCCCCC(=O)OCC(COC(=O)CCCCCCC/C=C\C/C=C\CCCCC)OC(=O)CCCCCCC/C=C\C/C=C\CCCCC.CCCCCCCC/C=C\CCCCCCCC(=O)OCC(COC(=O)CCCCCCC/C=C\CCCCCCCC)OC(=O)CCCCCCC/C=C\CCCCCCCC. The van der Waals surface area contributed by atoms with Gasteiger partial charge in [0.1, 0.15) is 26.4 Å². The van der Waals surface area contributed by atoms with Crippen molar-refractivity contribution in [1.29, 1.82) is 0 Å². The number of carbonyl (C=O) groups is 6. The number of hydrogen-bond acceptors (Lipinski definition) is 12. The van der Waals surface area contributed by atoms with Gasteiger partial charge in [-0.3, -0.25) is 28.8 Å². The molecule has 0 heterocycles. The maximum atomic E-state index is 12.8. The lowest BCUT2D eigenvalue weighted by molar-refractivity contribution is -0.167. The van der Waals surface area contributed by atoms with Crippen LogP contribution in [-0.2, 0) is 57.2 Å². The summed E-state index contributed by atoms with van der Waals surface area (Å²) in [6, 6.07) is 0. The van der Waals surface area contributed by atoms with E-state index in [1.807, 2.05) is 0 Å². The summed E-state index contributed by atoms with van der Waals surface area (Å²) in [5.74, 6) is -1.82. The fourth-order valence-corrected chi connectivity index (χ4v) is 15.0. The molecule has 12 heteroatoms. The standard InChI is InChI=1S/C57H104O6.C57H98O6/c2*1-4-7-10-13-16-19-22-25-28-31-34-37-40-43-46-49-55(58)61-52-54(63-57(60)51-48-45-42-39-36-33-30-27-24-21-18-15-12-9-6-3)53-62-56(59)50-47-44-41-38-35-32-29-26-23-20-17-14-11-8-5-2/h25-30,54H,4-24,31-53H2,1-3H3;16-21,25-30,54H,4-15,22-24,31-53H2,1-3H3/b28-25-,29-26-,30-27-;19-16-,20-17-,21-18-,28-25-,29-26-,30-27-. The van der Waals surface area contributed by atoms with Crippen LogP contribution >= 0.6 is 0 Å². The van der Waals surface area contributed by atoms with Crippen molar-refractivity contribution in [2.75, 3.05) is 26.4 Å². The summed E-state index contributed by atoms with van der Waals surface area (Å²) in [6.07, 6.45) is 126. The average Bonchev–Trinajstić information content (AvgIpc) is 0.945. The first-order chi connectivity index (χ1) is 62.1. The molecule has 0 atom stereocenters. The first-order valence-corrected chi connectivity index (χ1v) is 53.9. The molecule has 0 N–H and O–H groups in total. The van der Waals surface area contributed by atoms with Gasteiger partial charge < -0.3 is 28.4 Å². The highest BCUT2D eigenvalue weighted by Gasteiger charge is 2.22. The molecule has 730 valence electrons. The second-order valence-electron chi connectivity index (χ2n) is 35.9. The van der Waals surface area contributed by atoms with E-state index in [9.17, 15) is 28.8 Å². The van der Waals surface area contributed by atoms with Gasteiger partial charge in [0.25, 0.3) is 0 Å². The van der Waals surface area contributed by atoms with E-state index in [1.165, 1.54) is 250 Å². The van der Waals surface area contributed by atoms with E-state index in [1.54, 1.807) is 0 Å². The van der Waals surface area contributed by atoms with Crippen molar-refractivity contribution in [3.05, 3.63) is 109 Å². The third-order valence-electron chi connectivity index (χ3n) is 23.2. The highest BCUT2D eigenvalue weighted by molar-refractivity contribution is 5.72. The molecule has 0 fully saturated rings. The second kappa shape index (κ2) is 108. The van der Waals surface area contributed by atoms with Crippen LogP contribution in [0.25, 0.3) is 0 Å². The van der Waals surface area contributed by atoms with E-state index in [0.717, 1.165) is 212 Å². The molecule has 0 aliphatic carbocycles. The highest BCUT2D eigenvalue weighted by Crippen LogP contribution is 2.20. The molecule has 0 spiro atoms. The van der Waals surface area contributed by atoms with Crippen molar-refractivity contribution in [1.82, 2.24) is 0 Å². The van der Waals surface area contributed by atoms with Crippen LogP contribution in [-0.4, -0.2) is 74.5 Å². The third kappa shape index (κ3) is 106. The summed E-state index contributed by atoms with van der Waals surface area (Å²) < 4.78 is 33.6. The first kappa shape index (κ1) is 123. The molecule has 0 aliphatic heterocycles. The summed E-state index contributed by atoms with van der Waals surface area (Å²) in [5.41, 5.74) is 0. The summed E-state index contributed by atoms with van der Waals surface area (Å²) in [6.45, 7) is 13.2. The van der Waals surface area contributed by atoms with Crippen LogP contribution in [0.15, 0.2) is 109 Å². The molecule has 0 aromatic rings. The van der Waals surface area contributed by atoms with Crippen molar-refractivity contribution in [2.45, 2.75) is 555 Å². The molecule has 12 nitrogen and oxygen atoms in total. The van der Waals surface area contributed by atoms with Crippen LogP contribution in [0.2, 0.25) is 0 Å². The van der Waals surface area contributed by atoms with Crippen LogP contribution in [0, 0.1) is 0 Å². The minimum atomic E-state index is -0.794. The third-order valence-corrected chi connectivity index (χ3v) is 23.2. The Kier molecular flexibility index (Phi) is 105. The van der Waals surface area contributed by atoms with Gasteiger partial charge >= 0.3 is 35.8 Å². The molecule has 0 saturated heterocycles. The molecule has 0 bridgehead atoms. The number of carbonyl (C=O) groups excluding carboxylic acids is 6. The van der Waals surface area contributed by atoms with Crippen LogP contribution in [0.1, 0.15) is 542 Å². The van der Waals surface area contributed by atoms with Gasteiger partial charge in [0.05, 0.1) is 0 Å². The van der Waals surface area contributed by atoms with E-state index in [2.05, 4.69) is 151 Å². The van der Waals surface area contributed by atoms with Crippen molar-refractivity contribution < 1.29 is 57.2 Å². The van der Waals surface area contributed by atoms with E-state index in [-0.39, 0.29) is 62.2 Å². The summed E-state index contributed by atoms with van der Waals surface area (Å²) in [7, 11) is 0. The fourth-order valence-electron chi connectivity index (χ4n) is 15.0. The van der Waals surface area contributed by atoms with Crippen molar-refractivity contribution in [3.8, 4) is 0 Å². The van der Waals surface area contributed by atoms with Crippen LogP contribution < -0.4 is 0 Å². The molecule has 0 radical (unpaired) electrons. The monoisotopic (exact) mass is 1760 g/mol. The smallest absolute Gasteiger partial charge is 0.306 e. The molecule has 0 aromatic carbocycles. The maximum absolute atomic E-state index is 12.8. The van der Waals surface area contributed by atoms with Gasteiger partial charge in [0.2, 0.25) is 0 Å². The lowest BCUT2D eigenvalue weighted by atomic mass is 10.1. The van der Waals surface area contributed by atoms with Gasteiger partial charge in [0.15, 0.2) is 12.2 Å². The van der Waals surface area contributed by atoms with Crippen LogP contribution in [0.4, 0.5) is 0 Å². The second-order valence-corrected chi connectivity index (χ2v) is 35.9. The lowest BCUT2D eigenvalue weighted by Gasteiger charge is -2.18. The number of allylic oxidation sites excluding steroid dienone is 18. The quantitative estimate of drug-likeness (QED) is 0.0246. The summed E-state index contributed by atoms with van der Waals surface area (Å²) in [5, 5.41) is 0. The molecule has 126 heavy (non-hydrogen) atoms. The Balaban J connectivity index is 0. The van der Waals surface area contributed by atoms with E-state index in [0.29, 0.717) is 38.5 Å². The number of unbranched alkanes of at least 4 members (excludes halogenated alkanes) is 57. The zero-order chi connectivity index (χ0) is 91.6. The van der Waals surface area contributed by atoms with Gasteiger partial charge in [-0.25, -0.2) is 0 Å². The molecule has 0 unspecified atom stereocenters. The van der Waals surface area contributed by atoms with Crippen LogP contribution in [0.5, 0.6) is 0 Å². The Labute approximate surface area is 778 Å². The zero-order valence-electron chi connectivity index (χ0n) is 83.4. The van der Waals surface area contributed by atoms with E-state index < -0.39 is 12.2 Å². The van der Waals surface area contributed by atoms with Crippen LogP contribution in [0.3, 0.4) is 0 Å². The van der Waals surface area contributed by atoms with Crippen molar-refractivity contribution >= 4 is 35.8 Å². The molecule has 0 aromatic heterocycles. The molecule has 0 aliphatic rings. The Bertz CT molecular complexity index is 2490. The van der Waals surface area contributed by atoms with Gasteiger partial charge in [-0.15, -0.1) is 0 Å². The van der Waals surface area contributed by atoms with Crippen molar-refractivity contribution in [2.24, 2.45) is 0 Å². The first-order valence-electron chi connectivity index (χ1n) is 53.9. The number of hydrogen-bond donors (Lipinski definition) is 0. The Hall–Kier alpha value is -5.52.